The molecular formula is C23H15N5O4. The van der Waals surface area contributed by atoms with E-state index in [4.69, 9.17) is 4.74 Å². The van der Waals surface area contributed by atoms with Crippen LogP contribution in [0.5, 0.6) is 0 Å². The van der Waals surface area contributed by atoms with Crippen LogP contribution in [0.1, 0.15) is 10.5 Å². The van der Waals surface area contributed by atoms with Gasteiger partial charge < -0.3 is 4.74 Å². The van der Waals surface area contributed by atoms with Crippen molar-refractivity contribution in [1.29, 1.82) is 0 Å². The normalized spacial score (nSPS) is 11.0. The van der Waals surface area contributed by atoms with Crippen molar-refractivity contribution in [3.05, 3.63) is 105 Å². The zero-order valence-electron chi connectivity index (χ0n) is 16.6. The topological polar surface area (TPSA) is 109 Å². The lowest BCUT2D eigenvalue weighted by atomic mass is 10.1. The number of nitrogens with zero attached hydrogens (tertiary/aromatic N) is 5. The number of fused-ring (bicyclic) bond motifs is 2. The molecule has 32 heavy (non-hydrogen) atoms. The van der Waals surface area contributed by atoms with Crippen LogP contribution < -0.4 is 11.1 Å². The predicted octanol–water partition coefficient (Wildman–Crippen LogP) is 2.31. The fourth-order valence-electron chi connectivity index (χ4n) is 3.38. The van der Waals surface area contributed by atoms with Crippen molar-refractivity contribution >= 4 is 27.6 Å². The van der Waals surface area contributed by atoms with Gasteiger partial charge in [0.05, 0.1) is 16.5 Å². The van der Waals surface area contributed by atoms with Crippen LogP contribution in [-0.2, 0) is 11.5 Å². The summed E-state index contributed by atoms with van der Waals surface area (Å²) in [6.45, 7) is -0.448. The number of rotatable bonds is 4. The summed E-state index contributed by atoms with van der Waals surface area (Å²) in [6, 6.07) is 22.2. The van der Waals surface area contributed by atoms with Gasteiger partial charge in [-0.1, -0.05) is 53.7 Å². The van der Waals surface area contributed by atoms with Crippen molar-refractivity contribution in [2.24, 2.45) is 0 Å². The third-order valence-corrected chi connectivity index (χ3v) is 4.95. The fraction of sp³-hybridized carbons (Fsp3) is 0.0435. The largest absolute Gasteiger partial charge is 0.437 e. The Morgan fingerprint density at radius 2 is 1.44 bits per heavy atom. The molecule has 0 amide bonds. The third-order valence-electron chi connectivity index (χ3n) is 4.95. The summed E-state index contributed by atoms with van der Waals surface area (Å²) >= 11 is 0. The first-order chi connectivity index (χ1) is 15.6. The molecule has 0 radical (unpaired) electrons. The summed E-state index contributed by atoms with van der Waals surface area (Å²) in [5.41, 5.74) is 0.109. The van der Waals surface area contributed by atoms with Crippen molar-refractivity contribution in [2.75, 3.05) is 0 Å². The fourth-order valence-corrected chi connectivity index (χ4v) is 3.38. The van der Waals surface area contributed by atoms with E-state index in [-0.39, 0.29) is 11.3 Å². The maximum absolute atomic E-state index is 12.9. The van der Waals surface area contributed by atoms with E-state index >= 15 is 0 Å². The minimum Gasteiger partial charge on any atom is -0.437 e. The first-order valence-corrected chi connectivity index (χ1v) is 9.70. The average molecular weight is 425 g/mol. The van der Waals surface area contributed by atoms with Crippen molar-refractivity contribution in [2.45, 2.75) is 6.73 Å². The number of hydrogen-bond acceptors (Lipinski definition) is 7. The van der Waals surface area contributed by atoms with Gasteiger partial charge in [0.1, 0.15) is 5.52 Å². The minimum atomic E-state index is -0.798. The van der Waals surface area contributed by atoms with E-state index in [1.165, 1.54) is 0 Å². The van der Waals surface area contributed by atoms with Crippen LogP contribution >= 0.6 is 0 Å². The molecule has 0 aliphatic heterocycles. The smallest absolute Gasteiger partial charge is 0.361 e. The van der Waals surface area contributed by atoms with Crippen molar-refractivity contribution in [3.63, 3.8) is 0 Å². The highest BCUT2D eigenvalue weighted by Gasteiger charge is 2.19. The van der Waals surface area contributed by atoms with Gasteiger partial charge in [-0.2, -0.15) is 14.5 Å². The highest BCUT2D eigenvalue weighted by atomic mass is 16.5. The molecule has 3 aromatic carbocycles. The molecule has 5 rings (SSSR count). The summed E-state index contributed by atoms with van der Waals surface area (Å²) < 4.78 is 7.43. The second kappa shape index (κ2) is 7.88. The zero-order chi connectivity index (χ0) is 22.1. The van der Waals surface area contributed by atoms with Gasteiger partial charge in [-0.25, -0.2) is 4.79 Å². The highest BCUT2D eigenvalue weighted by molar-refractivity contribution is 6.02. The molecule has 5 aromatic rings. The third kappa shape index (κ3) is 3.31. The maximum Gasteiger partial charge on any atom is 0.361 e. The quantitative estimate of drug-likeness (QED) is 0.407. The molecule has 0 unspecified atom stereocenters. The number of benzene rings is 3. The zero-order valence-corrected chi connectivity index (χ0v) is 16.6. The Kier molecular flexibility index (Phi) is 4.75. The molecule has 0 spiro atoms. The predicted molar refractivity (Wildman–Crippen MR) is 117 cm³/mol. The Morgan fingerprint density at radius 3 is 2.22 bits per heavy atom. The van der Waals surface area contributed by atoms with Crippen LogP contribution in [0.15, 0.2) is 88.5 Å². The molecule has 9 nitrogen and oxygen atoms in total. The van der Waals surface area contributed by atoms with Gasteiger partial charge in [0.2, 0.25) is 0 Å². The molecule has 2 heterocycles. The standard InChI is InChI=1S/C23H15N5O4/c29-21-18-12-6-7-13-19(18)24-26-27(21)14-32-23(31)20-16-10-4-5-11-17(16)22(30)28(25-20)15-8-2-1-3-9-15/h1-13H,14H2. The molecule has 9 heteroatoms. The molecule has 0 atom stereocenters. The molecule has 0 bridgehead atoms. The van der Waals surface area contributed by atoms with E-state index in [1.807, 2.05) is 6.07 Å². The lowest BCUT2D eigenvalue weighted by molar-refractivity contribution is 0.0329. The number of hydrogen-bond donors (Lipinski definition) is 0. The van der Waals surface area contributed by atoms with E-state index < -0.39 is 18.3 Å². The van der Waals surface area contributed by atoms with E-state index in [2.05, 4.69) is 15.4 Å². The molecule has 0 saturated heterocycles. The van der Waals surface area contributed by atoms with Crippen LogP contribution in [0.2, 0.25) is 0 Å². The number of carbonyl (C=O) groups is 1. The molecule has 0 aliphatic rings. The minimum absolute atomic E-state index is 0.0501. The molecule has 2 aromatic heterocycles. The van der Waals surface area contributed by atoms with E-state index in [9.17, 15) is 14.4 Å². The van der Waals surface area contributed by atoms with E-state index in [1.54, 1.807) is 72.8 Å². The Balaban J connectivity index is 1.54. The van der Waals surface area contributed by atoms with E-state index in [0.717, 1.165) is 9.36 Å². The number of carbonyl (C=O) groups excluding carboxylic acids is 1. The molecule has 0 fully saturated rings. The molecular weight excluding hydrogens is 410 g/mol. The van der Waals surface area contributed by atoms with Crippen LogP contribution in [0, 0.1) is 0 Å². The van der Waals surface area contributed by atoms with Crippen molar-refractivity contribution < 1.29 is 9.53 Å². The van der Waals surface area contributed by atoms with Gasteiger partial charge in [-0.05, 0) is 30.3 Å². The van der Waals surface area contributed by atoms with Crippen LogP contribution in [0.25, 0.3) is 27.4 Å². The van der Waals surface area contributed by atoms with Crippen LogP contribution in [-0.4, -0.2) is 30.7 Å². The van der Waals surface area contributed by atoms with Crippen molar-refractivity contribution in [1.82, 2.24) is 24.8 Å². The second-order valence-electron chi connectivity index (χ2n) is 6.92. The van der Waals surface area contributed by atoms with Gasteiger partial charge >= 0.3 is 5.97 Å². The maximum atomic E-state index is 12.9. The molecule has 156 valence electrons. The number of ether oxygens (including phenoxy) is 1. The summed E-state index contributed by atoms with van der Waals surface area (Å²) in [5, 5.41) is 13.1. The Hall–Kier alpha value is -4.66. The Morgan fingerprint density at radius 1 is 0.781 bits per heavy atom. The number of para-hydroxylation sites is 1. The summed E-state index contributed by atoms with van der Waals surface area (Å²) in [4.78, 5) is 38.5. The van der Waals surface area contributed by atoms with Crippen LogP contribution in [0.4, 0.5) is 0 Å². The number of aromatic nitrogens is 5. The molecule has 0 aliphatic carbocycles. The molecule has 0 saturated carbocycles. The summed E-state index contributed by atoms with van der Waals surface area (Å²) in [5.74, 6) is -0.798. The monoisotopic (exact) mass is 425 g/mol. The van der Waals surface area contributed by atoms with Gasteiger partial charge in [-0.15, -0.1) is 5.10 Å². The van der Waals surface area contributed by atoms with Gasteiger partial charge in [0.15, 0.2) is 12.4 Å². The van der Waals surface area contributed by atoms with Crippen molar-refractivity contribution in [3.8, 4) is 5.69 Å². The highest BCUT2D eigenvalue weighted by Crippen LogP contribution is 2.16. The van der Waals surface area contributed by atoms with Gasteiger partial charge in [0.25, 0.3) is 11.1 Å². The average Bonchev–Trinajstić information content (AvgIpc) is 2.84. The summed E-state index contributed by atoms with van der Waals surface area (Å²) in [6.07, 6.45) is 0. The lowest BCUT2D eigenvalue weighted by Crippen LogP contribution is -2.28. The van der Waals surface area contributed by atoms with Gasteiger partial charge in [-0.3, -0.25) is 9.59 Å². The lowest BCUT2D eigenvalue weighted by Gasteiger charge is -2.11. The first-order valence-electron chi connectivity index (χ1n) is 9.70. The Labute approximate surface area is 180 Å². The molecule has 0 N–H and O–H groups in total. The second-order valence-corrected chi connectivity index (χ2v) is 6.92. The van der Waals surface area contributed by atoms with Crippen LogP contribution in [0.3, 0.4) is 0 Å². The SMILES string of the molecule is O=C(OCn1nnc2ccccc2c1=O)c1nn(-c2ccccc2)c(=O)c2ccccc12. The Bertz CT molecular complexity index is 1590. The first kappa shape index (κ1) is 19.3. The van der Waals surface area contributed by atoms with E-state index in [0.29, 0.717) is 27.4 Å². The summed E-state index contributed by atoms with van der Waals surface area (Å²) in [7, 11) is 0. The number of esters is 1. The van der Waals surface area contributed by atoms with Gasteiger partial charge in [0, 0.05) is 5.39 Å².